The van der Waals surface area contributed by atoms with Crippen LogP contribution < -0.4 is 10.6 Å². The van der Waals surface area contributed by atoms with Gasteiger partial charge in [0.1, 0.15) is 0 Å². The average molecular weight is 283 g/mol. The maximum absolute atomic E-state index is 12.1. The summed E-state index contributed by atoms with van der Waals surface area (Å²) in [7, 11) is 0. The Morgan fingerprint density at radius 1 is 1.42 bits per heavy atom. The van der Waals surface area contributed by atoms with Crippen molar-refractivity contribution in [2.24, 2.45) is 5.92 Å². The number of carbonyl (C=O) groups excluding carboxylic acids is 1. The number of aryl methyl sites for hydroxylation is 1. The summed E-state index contributed by atoms with van der Waals surface area (Å²) in [6.07, 6.45) is 3.21. The van der Waals surface area contributed by atoms with Gasteiger partial charge in [-0.25, -0.2) is 0 Å². The normalized spacial score (nSPS) is 17.8. The van der Waals surface area contributed by atoms with Crippen LogP contribution >= 0.6 is 12.4 Å². The number of benzene rings is 1. The van der Waals surface area contributed by atoms with E-state index in [9.17, 15) is 4.79 Å². The lowest BCUT2D eigenvalue weighted by Gasteiger charge is -2.11. The molecule has 0 aromatic heterocycles. The Bertz CT molecular complexity index is 403. The van der Waals surface area contributed by atoms with E-state index in [-0.39, 0.29) is 18.3 Å². The van der Waals surface area contributed by atoms with Crippen LogP contribution in [-0.4, -0.2) is 25.5 Å². The van der Waals surface area contributed by atoms with Crippen LogP contribution in [0.5, 0.6) is 0 Å². The third-order valence-corrected chi connectivity index (χ3v) is 3.64. The first kappa shape index (κ1) is 16.0. The molecule has 106 valence electrons. The monoisotopic (exact) mass is 282 g/mol. The Morgan fingerprint density at radius 2 is 2.21 bits per heavy atom. The smallest absolute Gasteiger partial charge is 0.251 e. The van der Waals surface area contributed by atoms with Crippen molar-refractivity contribution >= 4 is 18.3 Å². The summed E-state index contributed by atoms with van der Waals surface area (Å²) in [6, 6.07) is 7.84. The lowest BCUT2D eigenvalue weighted by atomic mass is 10.0. The van der Waals surface area contributed by atoms with Crippen molar-refractivity contribution in [2.45, 2.75) is 26.2 Å². The molecule has 1 aliphatic heterocycles. The molecule has 1 unspecified atom stereocenters. The second kappa shape index (κ2) is 8.18. The highest BCUT2D eigenvalue weighted by Gasteiger charge is 2.15. The van der Waals surface area contributed by atoms with Gasteiger partial charge in [-0.2, -0.15) is 0 Å². The minimum Gasteiger partial charge on any atom is -0.352 e. The predicted octanol–water partition coefficient (Wildman–Crippen LogP) is 2.40. The minimum absolute atomic E-state index is 0. The quantitative estimate of drug-likeness (QED) is 0.871. The van der Waals surface area contributed by atoms with Gasteiger partial charge in [-0.1, -0.05) is 25.1 Å². The SMILES string of the molecule is CCc1ccccc1C(=O)NCCC1CCNC1.Cl. The number of nitrogens with one attached hydrogen (secondary N) is 2. The first-order valence-electron chi connectivity index (χ1n) is 6.88. The zero-order valence-electron chi connectivity index (χ0n) is 11.4. The standard InChI is InChI=1S/C15H22N2O.ClH/c1-2-13-5-3-4-6-14(13)15(18)17-10-8-12-7-9-16-11-12;/h3-6,12,16H,2,7-11H2,1H3,(H,17,18);1H. The Balaban J connectivity index is 0.00000180. The van der Waals surface area contributed by atoms with Crippen molar-refractivity contribution in [1.82, 2.24) is 10.6 Å². The lowest BCUT2D eigenvalue weighted by Crippen LogP contribution is -2.27. The number of hydrogen-bond acceptors (Lipinski definition) is 2. The molecular weight excluding hydrogens is 260 g/mol. The summed E-state index contributed by atoms with van der Waals surface area (Å²) in [5.41, 5.74) is 1.95. The van der Waals surface area contributed by atoms with Crippen molar-refractivity contribution in [3.8, 4) is 0 Å². The molecule has 3 nitrogen and oxygen atoms in total. The fourth-order valence-electron chi connectivity index (χ4n) is 2.50. The van der Waals surface area contributed by atoms with Crippen molar-refractivity contribution in [3.63, 3.8) is 0 Å². The highest BCUT2D eigenvalue weighted by atomic mass is 35.5. The zero-order valence-corrected chi connectivity index (χ0v) is 12.3. The third-order valence-electron chi connectivity index (χ3n) is 3.64. The van der Waals surface area contributed by atoms with Gasteiger partial charge in [0.25, 0.3) is 5.91 Å². The summed E-state index contributed by atoms with van der Waals surface area (Å²) >= 11 is 0. The third kappa shape index (κ3) is 4.51. The molecule has 1 amide bonds. The number of carbonyl (C=O) groups is 1. The van der Waals surface area contributed by atoms with Gasteiger partial charge < -0.3 is 10.6 Å². The van der Waals surface area contributed by atoms with E-state index in [1.807, 2.05) is 24.3 Å². The van der Waals surface area contributed by atoms with Gasteiger partial charge in [0, 0.05) is 12.1 Å². The van der Waals surface area contributed by atoms with E-state index >= 15 is 0 Å². The van der Waals surface area contributed by atoms with Crippen LogP contribution in [0.1, 0.15) is 35.7 Å². The molecule has 1 fully saturated rings. The van der Waals surface area contributed by atoms with Crippen LogP contribution in [-0.2, 0) is 6.42 Å². The topological polar surface area (TPSA) is 41.1 Å². The van der Waals surface area contributed by atoms with Gasteiger partial charge in [0.15, 0.2) is 0 Å². The molecule has 1 aromatic rings. The van der Waals surface area contributed by atoms with E-state index in [4.69, 9.17) is 0 Å². The zero-order chi connectivity index (χ0) is 12.8. The number of rotatable bonds is 5. The highest BCUT2D eigenvalue weighted by molar-refractivity contribution is 5.95. The molecule has 0 bridgehead atoms. The largest absolute Gasteiger partial charge is 0.352 e. The van der Waals surface area contributed by atoms with E-state index in [1.165, 1.54) is 6.42 Å². The van der Waals surface area contributed by atoms with E-state index < -0.39 is 0 Å². The summed E-state index contributed by atoms with van der Waals surface area (Å²) in [5.74, 6) is 0.796. The Hall–Kier alpha value is -1.06. The van der Waals surface area contributed by atoms with Crippen LogP contribution in [0.3, 0.4) is 0 Å². The van der Waals surface area contributed by atoms with Crippen molar-refractivity contribution in [1.29, 1.82) is 0 Å². The average Bonchev–Trinajstić information content (AvgIpc) is 2.91. The highest BCUT2D eigenvalue weighted by Crippen LogP contribution is 2.12. The Kier molecular flexibility index (Phi) is 6.89. The summed E-state index contributed by atoms with van der Waals surface area (Å²) in [6.45, 7) is 5.08. The molecule has 0 aliphatic carbocycles. The maximum atomic E-state index is 12.1. The molecule has 1 aromatic carbocycles. The van der Waals surface area contributed by atoms with Crippen LogP contribution in [0.15, 0.2) is 24.3 Å². The number of hydrogen-bond donors (Lipinski definition) is 2. The van der Waals surface area contributed by atoms with Gasteiger partial charge in [-0.05, 0) is 49.9 Å². The minimum atomic E-state index is 0. The first-order valence-corrected chi connectivity index (χ1v) is 6.88. The van der Waals surface area contributed by atoms with Gasteiger partial charge in [-0.3, -0.25) is 4.79 Å². The van der Waals surface area contributed by atoms with E-state index in [0.29, 0.717) is 0 Å². The number of halogens is 1. The molecule has 4 heteroatoms. The predicted molar refractivity (Wildman–Crippen MR) is 81.0 cm³/mol. The fourth-order valence-corrected chi connectivity index (χ4v) is 2.50. The van der Waals surface area contributed by atoms with Crippen LogP contribution in [0, 0.1) is 5.92 Å². The molecule has 0 saturated carbocycles. The van der Waals surface area contributed by atoms with Gasteiger partial charge in [0.05, 0.1) is 0 Å². The van der Waals surface area contributed by atoms with Crippen LogP contribution in [0.2, 0.25) is 0 Å². The van der Waals surface area contributed by atoms with Crippen LogP contribution in [0.4, 0.5) is 0 Å². The molecule has 1 heterocycles. The molecular formula is C15H23ClN2O. The molecule has 1 atom stereocenters. The van der Waals surface area contributed by atoms with E-state index in [0.717, 1.165) is 49.5 Å². The second-order valence-corrected chi connectivity index (χ2v) is 4.91. The molecule has 2 N–H and O–H groups in total. The molecule has 19 heavy (non-hydrogen) atoms. The van der Waals surface area contributed by atoms with Crippen molar-refractivity contribution in [2.75, 3.05) is 19.6 Å². The van der Waals surface area contributed by atoms with Crippen LogP contribution in [0.25, 0.3) is 0 Å². The summed E-state index contributed by atoms with van der Waals surface area (Å²) in [5, 5.41) is 6.38. The van der Waals surface area contributed by atoms with E-state index in [1.54, 1.807) is 0 Å². The Morgan fingerprint density at radius 3 is 2.89 bits per heavy atom. The fraction of sp³-hybridized carbons (Fsp3) is 0.533. The van der Waals surface area contributed by atoms with Crippen molar-refractivity contribution < 1.29 is 4.79 Å². The molecule has 0 spiro atoms. The first-order chi connectivity index (χ1) is 8.81. The second-order valence-electron chi connectivity index (χ2n) is 4.91. The van der Waals surface area contributed by atoms with Gasteiger partial charge in [-0.15, -0.1) is 12.4 Å². The lowest BCUT2D eigenvalue weighted by molar-refractivity contribution is 0.0951. The van der Waals surface area contributed by atoms with Gasteiger partial charge in [0.2, 0.25) is 0 Å². The molecule has 0 radical (unpaired) electrons. The molecule has 2 rings (SSSR count). The van der Waals surface area contributed by atoms with Crippen molar-refractivity contribution in [3.05, 3.63) is 35.4 Å². The van der Waals surface area contributed by atoms with E-state index in [2.05, 4.69) is 17.6 Å². The number of amides is 1. The molecule has 1 saturated heterocycles. The Labute approximate surface area is 121 Å². The molecule has 1 aliphatic rings. The summed E-state index contributed by atoms with van der Waals surface area (Å²) < 4.78 is 0. The summed E-state index contributed by atoms with van der Waals surface area (Å²) in [4.78, 5) is 12.1. The maximum Gasteiger partial charge on any atom is 0.251 e. The van der Waals surface area contributed by atoms with Gasteiger partial charge >= 0.3 is 0 Å².